The Morgan fingerprint density at radius 2 is 1.79 bits per heavy atom. The fourth-order valence-corrected chi connectivity index (χ4v) is 2.94. The van der Waals surface area contributed by atoms with E-state index in [1.54, 1.807) is 6.07 Å². The maximum absolute atomic E-state index is 13.0. The highest BCUT2D eigenvalue weighted by Gasteiger charge is 2.09. The van der Waals surface area contributed by atoms with Gasteiger partial charge in [-0.15, -0.1) is 11.8 Å². The van der Waals surface area contributed by atoms with Crippen LogP contribution in [0.15, 0.2) is 47.4 Å². The number of halogens is 1. The molecular formula is C16H17FOS. The monoisotopic (exact) mass is 276 g/mol. The summed E-state index contributed by atoms with van der Waals surface area (Å²) in [7, 11) is 0. The third-order valence-corrected chi connectivity index (χ3v) is 3.90. The minimum atomic E-state index is -0.535. The predicted molar refractivity (Wildman–Crippen MR) is 78.0 cm³/mol. The number of hydrogen-bond donors (Lipinski definition) is 1. The summed E-state index contributed by atoms with van der Waals surface area (Å²) in [5.41, 5.74) is 3.20. The van der Waals surface area contributed by atoms with Gasteiger partial charge in [0.15, 0.2) is 0 Å². The van der Waals surface area contributed by atoms with E-state index in [-0.39, 0.29) is 5.82 Å². The van der Waals surface area contributed by atoms with Crippen LogP contribution in [0.5, 0.6) is 0 Å². The smallest absolute Gasteiger partial charge is 0.124 e. The summed E-state index contributed by atoms with van der Waals surface area (Å²) in [5.74, 6) is 0.276. The molecule has 0 amide bonds. The molecule has 0 fully saturated rings. The molecule has 0 saturated carbocycles. The molecule has 2 aromatic rings. The first-order valence-corrected chi connectivity index (χ1v) is 7.18. The summed E-state index contributed by atoms with van der Waals surface area (Å²) in [6, 6.07) is 12.5. The van der Waals surface area contributed by atoms with E-state index in [0.29, 0.717) is 5.75 Å². The quantitative estimate of drug-likeness (QED) is 0.842. The van der Waals surface area contributed by atoms with Gasteiger partial charge in [0, 0.05) is 10.6 Å². The third kappa shape index (κ3) is 4.08. The van der Waals surface area contributed by atoms with Gasteiger partial charge in [-0.1, -0.05) is 35.4 Å². The van der Waals surface area contributed by atoms with Crippen molar-refractivity contribution < 1.29 is 9.50 Å². The third-order valence-electron chi connectivity index (χ3n) is 2.83. The van der Waals surface area contributed by atoms with Crippen LogP contribution in [0.3, 0.4) is 0 Å². The maximum atomic E-state index is 13.0. The highest BCUT2D eigenvalue weighted by molar-refractivity contribution is 7.99. The van der Waals surface area contributed by atoms with Gasteiger partial charge in [0.1, 0.15) is 5.82 Å². The largest absolute Gasteiger partial charge is 0.388 e. The zero-order valence-electron chi connectivity index (χ0n) is 11.1. The highest BCUT2D eigenvalue weighted by atomic mass is 32.2. The molecule has 0 saturated heterocycles. The van der Waals surface area contributed by atoms with Crippen LogP contribution in [0.1, 0.15) is 22.8 Å². The molecule has 2 rings (SSSR count). The van der Waals surface area contributed by atoms with E-state index in [1.807, 2.05) is 32.0 Å². The second-order valence-corrected chi connectivity index (χ2v) is 5.80. The Hall–Kier alpha value is -1.32. The molecule has 0 aliphatic heterocycles. The first-order chi connectivity index (χ1) is 9.04. The molecule has 1 N–H and O–H groups in total. The van der Waals surface area contributed by atoms with Crippen molar-refractivity contribution in [1.82, 2.24) is 0 Å². The van der Waals surface area contributed by atoms with Crippen LogP contribution in [-0.2, 0) is 0 Å². The molecule has 100 valence electrons. The first-order valence-electron chi connectivity index (χ1n) is 6.19. The molecule has 0 spiro atoms. The van der Waals surface area contributed by atoms with Crippen molar-refractivity contribution in [2.75, 3.05) is 5.75 Å². The van der Waals surface area contributed by atoms with Gasteiger partial charge in [0.25, 0.3) is 0 Å². The van der Waals surface area contributed by atoms with Crippen molar-refractivity contribution in [2.45, 2.75) is 24.8 Å². The summed E-state index contributed by atoms with van der Waals surface area (Å²) in [6.07, 6.45) is -0.535. The van der Waals surface area contributed by atoms with Gasteiger partial charge in [-0.25, -0.2) is 4.39 Å². The lowest BCUT2D eigenvalue weighted by molar-refractivity contribution is 0.204. The number of benzene rings is 2. The second-order valence-electron chi connectivity index (χ2n) is 4.71. The van der Waals surface area contributed by atoms with E-state index < -0.39 is 6.10 Å². The normalized spacial score (nSPS) is 12.4. The van der Waals surface area contributed by atoms with E-state index in [2.05, 4.69) is 6.07 Å². The van der Waals surface area contributed by atoms with Crippen LogP contribution in [0.2, 0.25) is 0 Å². The van der Waals surface area contributed by atoms with Gasteiger partial charge in [-0.2, -0.15) is 0 Å². The SMILES string of the molecule is Cc1cc(C)cc(C(O)CSc2cccc(F)c2)c1. The number of thioether (sulfide) groups is 1. The number of aliphatic hydroxyl groups excluding tert-OH is 1. The molecule has 1 unspecified atom stereocenters. The molecule has 0 aromatic heterocycles. The fourth-order valence-electron chi connectivity index (χ4n) is 2.03. The van der Waals surface area contributed by atoms with E-state index in [1.165, 1.54) is 23.9 Å². The van der Waals surface area contributed by atoms with Crippen LogP contribution in [0, 0.1) is 19.7 Å². The maximum Gasteiger partial charge on any atom is 0.124 e. The lowest BCUT2D eigenvalue weighted by atomic mass is 10.0. The van der Waals surface area contributed by atoms with Gasteiger partial charge >= 0.3 is 0 Å². The summed E-state index contributed by atoms with van der Waals surface area (Å²) in [6.45, 7) is 4.03. The highest BCUT2D eigenvalue weighted by Crippen LogP contribution is 2.26. The van der Waals surface area contributed by atoms with Gasteiger partial charge in [-0.3, -0.25) is 0 Å². The molecule has 0 bridgehead atoms. The molecule has 0 aliphatic carbocycles. The molecule has 1 atom stereocenters. The summed E-state index contributed by atoms with van der Waals surface area (Å²) in [4.78, 5) is 0.837. The molecule has 0 aliphatic rings. The average Bonchev–Trinajstić information content (AvgIpc) is 2.35. The Morgan fingerprint density at radius 1 is 1.11 bits per heavy atom. The molecule has 1 nitrogen and oxygen atoms in total. The van der Waals surface area contributed by atoms with Crippen LogP contribution in [-0.4, -0.2) is 10.9 Å². The van der Waals surface area contributed by atoms with Crippen molar-refractivity contribution in [3.05, 3.63) is 65.0 Å². The van der Waals surface area contributed by atoms with E-state index in [4.69, 9.17) is 0 Å². The summed E-state index contributed by atoms with van der Waals surface area (Å²) < 4.78 is 13.0. The van der Waals surface area contributed by atoms with Gasteiger partial charge in [-0.05, 0) is 37.6 Å². The summed E-state index contributed by atoms with van der Waals surface area (Å²) in [5, 5.41) is 10.2. The Labute approximate surface area is 117 Å². The van der Waals surface area contributed by atoms with Crippen LogP contribution < -0.4 is 0 Å². The van der Waals surface area contributed by atoms with Gasteiger partial charge in [0.05, 0.1) is 6.10 Å². The van der Waals surface area contributed by atoms with Crippen LogP contribution >= 0.6 is 11.8 Å². The van der Waals surface area contributed by atoms with Crippen molar-refractivity contribution in [3.63, 3.8) is 0 Å². The van der Waals surface area contributed by atoms with E-state index >= 15 is 0 Å². The molecule has 0 radical (unpaired) electrons. The Bertz CT molecular complexity index is 548. The number of aliphatic hydroxyl groups is 1. The van der Waals surface area contributed by atoms with Crippen molar-refractivity contribution in [2.24, 2.45) is 0 Å². The zero-order valence-corrected chi connectivity index (χ0v) is 11.9. The minimum Gasteiger partial charge on any atom is -0.388 e. The first kappa shape index (κ1) is 14.1. The van der Waals surface area contributed by atoms with Crippen LogP contribution in [0.4, 0.5) is 4.39 Å². The standard InChI is InChI=1S/C16H17FOS/c1-11-6-12(2)8-13(7-11)16(18)10-19-15-5-3-4-14(17)9-15/h3-9,16,18H,10H2,1-2H3. The fraction of sp³-hybridized carbons (Fsp3) is 0.250. The van der Waals surface area contributed by atoms with Gasteiger partial charge in [0.2, 0.25) is 0 Å². The lowest BCUT2D eigenvalue weighted by Gasteiger charge is -2.12. The number of aryl methyl sites for hydroxylation is 2. The predicted octanol–water partition coefficient (Wildman–Crippen LogP) is 4.27. The molecule has 0 heterocycles. The molecule has 2 aromatic carbocycles. The topological polar surface area (TPSA) is 20.2 Å². The van der Waals surface area contributed by atoms with Crippen molar-refractivity contribution >= 4 is 11.8 Å². The Kier molecular flexibility index (Phi) is 4.61. The lowest BCUT2D eigenvalue weighted by Crippen LogP contribution is -2.01. The molecule has 19 heavy (non-hydrogen) atoms. The zero-order chi connectivity index (χ0) is 13.8. The Morgan fingerprint density at radius 3 is 2.42 bits per heavy atom. The van der Waals surface area contributed by atoms with Gasteiger partial charge < -0.3 is 5.11 Å². The number of rotatable bonds is 4. The number of hydrogen-bond acceptors (Lipinski definition) is 2. The minimum absolute atomic E-state index is 0.245. The van der Waals surface area contributed by atoms with E-state index in [9.17, 15) is 9.50 Å². The molecule has 3 heteroatoms. The molecular weight excluding hydrogens is 259 g/mol. The summed E-state index contributed by atoms with van der Waals surface area (Å²) >= 11 is 1.46. The van der Waals surface area contributed by atoms with Crippen LogP contribution in [0.25, 0.3) is 0 Å². The van der Waals surface area contributed by atoms with E-state index in [0.717, 1.165) is 21.6 Å². The Balaban J connectivity index is 2.03. The second kappa shape index (κ2) is 6.22. The van der Waals surface area contributed by atoms with Crippen molar-refractivity contribution in [1.29, 1.82) is 0 Å². The average molecular weight is 276 g/mol. The van der Waals surface area contributed by atoms with Crippen molar-refractivity contribution in [3.8, 4) is 0 Å².